The van der Waals surface area contributed by atoms with Gasteiger partial charge in [0.25, 0.3) is 5.69 Å². The van der Waals surface area contributed by atoms with Crippen molar-refractivity contribution in [2.24, 2.45) is 0 Å². The van der Waals surface area contributed by atoms with Gasteiger partial charge in [0.2, 0.25) is 0 Å². The maximum absolute atomic E-state index is 10.9. The van der Waals surface area contributed by atoms with Crippen molar-refractivity contribution < 1.29 is 4.92 Å². The van der Waals surface area contributed by atoms with Crippen LogP contribution in [-0.2, 0) is 0 Å². The van der Waals surface area contributed by atoms with Gasteiger partial charge in [0.05, 0.1) is 9.82 Å². The van der Waals surface area contributed by atoms with Crippen molar-refractivity contribution in [1.29, 1.82) is 0 Å². The van der Waals surface area contributed by atoms with E-state index in [9.17, 15) is 10.1 Å². The number of rotatable bonds is 5. The second-order valence-electron chi connectivity index (χ2n) is 4.51. The first-order chi connectivity index (χ1) is 8.77. The third-order valence-corrected chi connectivity index (χ3v) is 4.29. The fourth-order valence-electron chi connectivity index (χ4n) is 2.21. The number of nitrogens with one attached hydrogen (secondary N) is 1. The fraction of sp³-hybridized carbons (Fsp3) is 0.538. The zero-order valence-electron chi connectivity index (χ0n) is 10.3. The first-order valence-corrected chi connectivity index (χ1v) is 7.35. The smallest absolute Gasteiger partial charge is 0.282 e. The minimum atomic E-state index is -0.304. The van der Waals surface area contributed by atoms with Gasteiger partial charge in [0.1, 0.15) is 0 Å². The second kappa shape index (κ2) is 6.75. The molecule has 1 aliphatic heterocycles. The van der Waals surface area contributed by atoms with Gasteiger partial charge in [-0.3, -0.25) is 10.1 Å². The van der Waals surface area contributed by atoms with Crippen LogP contribution >= 0.6 is 11.8 Å². The molecule has 0 amide bonds. The van der Waals surface area contributed by atoms with Crippen molar-refractivity contribution in [3.63, 3.8) is 0 Å². The Balaban J connectivity index is 1.84. The van der Waals surface area contributed by atoms with Crippen LogP contribution in [0, 0.1) is 10.1 Å². The summed E-state index contributed by atoms with van der Waals surface area (Å²) in [5.74, 6) is 0.933. The fourth-order valence-corrected chi connectivity index (χ4v) is 3.30. The Bertz CT molecular complexity index is 406. The van der Waals surface area contributed by atoms with Crippen molar-refractivity contribution in [3.05, 3.63) is 34.4 Å². The lowest BCUT2D eigenvalue weighted by Crippen LogP contribution is -2.34. The molecular weight excluding hydrogens is 248 g/mol. The molecule has 0 radical (unpaired) electrons. The van der Waals surface area contributed by atoms with E-state index in [4.69, 9.17) is 0 Å². The number of benzene rings is 1. The molecule has 1 aromatic carbocycles. The third kappa shape index (κ3) is 3.71. The summed E-state index contributed by atoms with van der Waals surface area (Å²) in [6.07, 6.45) is 4.88. The molecule has 0 saturated carbocycles. The minimum Gasteiger partial charge on any atom is -0.314 e. The molecule has 0 spiro atoms. The third-order valence-electron chi connectivity index (χ3n) is 3.20. The quantitative estimate of drug-likeness (QED) is 0.505. The van der Waals surface area contributed by atoms with Crippen LogP contribution in [0.5, 0.6) is 0 Å². The van der Waals surface area contributed by atoms with E-state index in [0.29, 0.717) is 6.04 Å². The molecule has 2 rings (SSSR count). The van der Waals surface area contributed by atoms with E-state index >= 15 is 0 Å². The summed E-state index contributed by atoms with van der Waals surface area (Å²) in [4.78, 5) is 11.3. The van der Waals surface area contributed by atoms with E-state index in [0.717, 1.165) is 23.6 Å². The number of thioether (sulfide) groups is 1. The molecule has 18 heavy (non-hydrogen) atoms. The summed E-state index contributed by atoms with van der Waals surface area (Å²) in [6, 6.07) is 7.56. The summed E-state index contributed by atoms with van der Waals surface area (Å²) in [5, 5.41) is 14.4. The first kappa shape index (κ1) is 13.4. The van der Waals surface area contributed by atoms with Crippen LogP contribution in [0.15, 0.2) is 29.2 Å². The van der Waals surface area contributed by atoms with Gasteiger partial charge >= 0.3 is 0 Å². The number of piperidine rings is 1. The van der Waals surface area contributed by atoms with Crippen LogP contribution in [0.3, 0.4) is 0 Å². The lowest BCUT2D eigenvalue weighted by Gasteiger charge is -2.23. The Labute approximate surface area is 111 Å². The molecule has 1 fully saturated rings. The molecule has 1 aromatic rings. The lowest BCUT2D eigenvalue weighted by atomic mass is 10.0. The van der Waals surface area contributed by atoms with E-state index in [-0.39, 0.29) is 10.6 Å². The molecule has 0 aromatic heterocycles. The zero-order chi connectivity index (χ0) is 12.8. The maximum atomic E-state index is 10.9. The van der Waals surface area contributed by atoms with Crippen LogP contribution < -0.4 is 5.32 Å². The highest BCUT2D eigenvalue weighted by Crippen LogP contribution is 2.29. The van der Waals surface area contributed by atoms with E-state index in [1.807, 2.05) is 12.1 Å². The standard InChI is InChI=1S/C13H18N2O2S/c16-15(17)12-6-1-2-7-13(12)18-10-8-11-5-3-4-9-14-11/h1-2,6-7,11,14H,3-5,8-10H2. The highest BCUT2D eigenvalue weighted by molar-refractivity contribution is 7.99. The SMILES string of the molecule is O=[N+]([O-])c1ccccc1SCCC1CCCCN1. The van der Waals surface area contributed by atoms with Gasteiger partial charge < -0.3 is 5.32 Å². The van der Waals surface area contributed by atoms with Crippen molar-refractivity contribution in [2.75, 3.05) is 12.3 Å². The van der Waals surface area contributed by atoms with E-state index < -0.39 is 0 Å². The Morgan fingerprint density at radius 2 is 2.22 bits per heavy atom. The molecule has 0 bridgehead atoms. The summed E-state index contributed by atoms with van der Waals surface area (Å²) < 4.78 is 0. The zero-order valence-corrected chi connectivity index (χ0v) is 11.1. The summed E-state index contributed by atoms with van der Waals surface area (Å²) >= 11 is 1.59. The molecule has 1 unspecified atom stereocenters. The Morgan fingerprint density at radius 3 is 2.94 bits per heavy atom. The largest absolute Gasteiger partial charge is 0.314 e. The second-order valence-corrected chi connectivity index (χ2v) is 5.65. The van der Waals surface area contributed by atoms with E-state index in [2.05, 4.69) is 5.32 Å². The van der Waals surface area contributed by atoms with Gasteiger partial charge in [-0.05, 0) is 37.6 Å². The molecule has 98 valence electrons. The van der Waals surface area contributed by atoms with Crippen molar-refractivity contribution >= 4 is 17.4 Å². The normalized spacial score (nSPS) is 19.7. The number of para-hydroxylation sites is 1. The van der Waals surface area contributed by atoms with Crippen molar-refractivity contribution in [3.8, 4) is 0 Å². The molecule has 1 atom stereocenters. The van der Waals surface area contributed by atoms with Gasteiger partial charge in [-0.25, -0.2) is 0 Å². The van der Waals surface area contributed by atoms with E-state index in [1.165, 1.54) is 19.3 Å². The summed E-state index contributed by atoms with van der Waals surface area (Å²) in [6.45, 7) is 1.11. The Kier molecular flexibility index (Phi) is 5.01. The minimum absolute atomic E-state index is 0.221. The average molecular weight is 266 g/mol. The van der Waals surface area contributed by atoms with Crippen LogP contribution in [-0.4, -0.2) is 23.3 Å². The molecule has 4 nitrogen and oxygen atoms in total. The number of hydrogen-bond acceptors (Lipinski definition) is 4. The topological polar surface area (TPSA) is 55.2 Å². The van der Waals surface area contributed by atoms with Gasteiger partial charge in [-0.1, -0.05) is 18.6 Å². The van der Waals surface area contributed by atoms with Gasteiger partial charge in [-0.15, -0.1) is 11.8 Å². The number of hydrogen-bond donors (Lipinski definition) is 1. The van der Waals surface area contributed by atoms with Crippen molar-refractivity contribution in [1.82, 2.24) is 5.32 Å². The maximum Gasteiger partial charge on any atom is 0.282 e. The Hall–Kier alpha value is -1.07. The van der Waals surface area contributed by atoms with Crippen LogP contribution in [0.25, 0.3) is 0 Å². The molecule has 1 aliphatic rings. The van der Waals surface area contributed by atoms with Gasteiger partial charge in [0, 0.05) is 12.1 Å². The predicted molar refractivity (Wildman–Crippen MR) is 74.1 cm³/mol. The van der Waals surface area contributed by atoms with Gasteiger partial charge in [0.15, 0.2) is 0 Å². The molecular formula is C13H18N2O2S. The molecule has 5 heteroatoms. The van der Waals surface area contributed by atoms with E-state index in [1.54, 1.807) is 23.9 Å². The summed E-state index contributed by atoms with van der Waals surface area (Å²) in [5.41, 5.74) is 0.221. The monoisotopic (exact) mass is 266 g/mol. The van der Waals surface area contributed by atoms with Crippen molar-refractivity contribution in [2.45, 2.75) is 36.6 Å². The lowest BCUT2D eigenvalue weighted by molar-refractivity contribution is -0.387. The molecule has 1 heterocycles. The molecule has 1 N–H and O–H groups in total. The number of nitro benzene ring substituents is 1. The predicted octanol–water partition coefficient (Wildman–Crippen LogP) is 3.22. The molecule has 0 aliphatic carbocycles. The Morgan fingerprint density at radius 1 is 1.39 bits per heavy atom. The highest BCUT2D eigenvalue weighted by atomic mass is 32.2. The van der Waals surface area contributed by atoms with Crippen LogP contribution in [0.2, 0.25) is 0 Å². The van der Waals surface area contributed by atoms with Crippen LogP contribution in [0.1, 0.15) is 25.7 Å². The highest BCUT2D eigenvalue weighted by Gasteiger charge is 2.15. The number of nitrogens with zero attached hydrogens (tertiary/aromatic N) is 1. The van der Waals surface area contributed by atoms with Gasteiger partial charge in [-0.2, -0.15) is 0 Å². The van der Waals surface area contributed by atoms with Crippen LogP contribution in [0.4, 0.5) is 5.69 Å². The summed E-state index contributed by atoms with van der Waals surface area (Å²) in [7, 11) is 0. The molecule has 1 saturated heterocycles. The first-order valence-electron chi connectivity index (χ1n) is 6.37. The number of nitro groups is 1. The average Bonchev–Trinajstić information content (AvgIpc) is 2.40.